The standard InChI is InChI=1S/C22H18N4O/c23-14-17-6-3-4-8-20(17)25-19-9-11-24-21(13-19)22(27)26-12-10-16-5-1-2-7-18(16)15-26/h1-9,11,13H,10,12,15H2,(H,24,25). The van der Waals surface area contributed by atoms with Gasteiger partial charge in [0, 0.05) is 25.0 Å². The van der Waals surface area contributed by atoms with Gasteiger partial charge in [0.1, 0.15) is 11.8 Å². The lowest BCUT2D eigenvalue weighted by Gasteiger charge is -2.28. The topological polar surface area (TPSA) is 69.0 Å². The van der Waals surface area contributed by atoms with E-state index in [9.17, 15) is 10.1 Å². The molecule has 3 aromatic rings. The maximum absolute atomic E-state index is 12.9. The van der Waals surface area contributed by atoms with Gasteiger partial charge in [-0.15, -0.1) is 0 Å². The molecular weight excluding hydrogens is 336 g/mol. The number of amides is 1. The second-order valence-electron chi connectivity index (χ2n) is 6.46. The lowest BCUT2D eigenvalue weighted by molar-refractivity contribution is 0.0729. The molecule has 0 aliphatic carbocycles. The molecule has 2 heterocycles. The van der Waals surface area contributed by atoms with Crippen LogP contribution in [0.5, 0.6) is 0 Å². The van der Waals surface area contributed by atoms with Crippen molar-refractivity contribution in [3.05, 3.63) is 89.2 Å². The highest BCUT2D eigenvalue weighted by Crippen LogP contribution is 2.23. The molecule has 0 radical (unpaired) electrons. The number of hydrogen-bond donors (Lipinski definition) is 1. The Balaban J connectivity index is 1.54. The minimum atomic E-state index is -0.0817. The molecule has 1 N–H and O–H groups in total. The van der Waals surface area contributed by atoms with E-state index in [0.29, 0.717) is 30.0 Å². The summed E-state index contributed by atoms with van der Waals surface area (Å²) in [7, 11) is 0. The third kappa shape index (κ3) is 3.51. The first-order valence-electron chi connectivity index (χ1n) is 8.83. The maximum Gasteiger partial charge on any atom is 0.272 e. The van der Waals surface area contributed by atoms with Crippen LogP contribution in [0.4, 0.5) is 11.4 Å². The molecule has 1 aromatic heterocycles. The smallest absolute Gasteiger partial charge is 0.272 e. The summed E-state index contributed by atoms with van der Waals surface area (Å²) in [5.41, 5.74) is 4.88. The van der Waals surface area contributed by atoms with E-state index >= 15 is 0 Å². The van der Waals surface area contributed by atoms with Crippen LogP contribution in [0.2, 0.25) is 0 Å². The van der Waals surface area contributed by atoms with E-state index in [1.165, 1.54) is 11.1 Å². The van der Waals surface area contributed by atoms with Crippen LogP contribution in [0.3, 0.4) is 0 Å². The van der Waals surface area contributed by atoms with E-state index < -0.39 is 0 Å². The zero-order valence-corrected chi connectivity index (χ0v) is 14.7. The van der Waals surface area contributed by atoms with Crippen molar-refractivity contribution in [3.8, 4) is 6.07 Å². The highest BCUT2D eigenvalue weighted by atomic mass is 16.2. The summed E-state index contributed by atoms with van der Waals surface area (Å²) >= 11 is 0. The Morgan fingerprint density at radius 2 is 1.85 bits per heavy atom. The van der Waals surface area contributed by atoms with Crippen molar-refractivity contribution in [1.82, 2.24) is 9.88 Å². The van der Waals surface area contributed by atoms with Crippen LogP contribution in [0.15, 0.2) is 66.9 Å². The molecule has 5 nitrogen and oxygen atoms in total. The van der Waals surface area contributed by atoms with E-state index in [1.807, 2.05) is 35.2 Å². The molecule has 0 fully saturated rings. The van der Waals surface area contributed by atoms with Crippen molar-refractivity contribution in [2.45, 2.75) is 13.0 Å². The van der Waals surface area contributed by atoms with Gasteiger partial charge in [0.25, 0.3) is 5.91 Å². The predicted molar refractivity (Wildman–Crippen MR) is 104 cm³/mol. The summed E-state index contributed by atoms with van der Waals surface area (Å²) in [6.07, 6.45) is 2.47. The summed E-state index contributed by atoms with van der Waals surface area (Å²) in [4.78, 5) is 19.0. The van der Waals surface area contributed by atoms with Gasteiger partial charge in [-0.1, -0.05) is 36.4 Å². The molecule has 1 amide bonds. The van der Waals surface area contributed by atoms with Gasteiger partial charge in [-0.25, -0.2) is 0 Å². The van der Waals surface area contributed by atoms with Crippen LogP contribution in [0.1, 0.15) is 27.2 Å². The van der Waals surface area contributed by atoms with Crippen LogP contribution in [-0.4, -0.2) is 22.3 Å². The zero-order valence-electron chi connectivity index (χ0n) is 14.7. The van der Waals surface area contributed by atoms with Crippen molar-refractivity contribution < 1.29 is 4.79 Å². The molecule has 0 saturated heterocycles. The molecule has 0 bridgehead atoms. The molecule has 0 spiro atoms. The molecular formula is C22H18N4O. The van der Waals surface area contributed by atoms with Crippen LogP contribution in [0.25, 0.3) is 0 Å². The van der Waals surface area contributed by atoms with Crippen molar-refractivity contribution >= 4 is 17.3 Å². The Morgan fingerprint density at radius 1 is 1.07 bits per heavy atom. The average molecular weight is 354 g/mol. The first-order valence-corrected chi connectivity index (χ1v) is 8.83. The molecule has 132 valence electrons. The summed E-state index contributed by atoms with van der Waals surface area (Å²) < 4.78 is 0. The predicted octanol–water partition coefficient (Wildman–Crippen LogP) is 3.90. The van der Waals surface area contributed by atoms with Gasteiger partial charge in [0.15, 0.2) is 0 Å². The average Bonchev–Trinajstić information content (AvgIpc) is 2.73. The van der Waals surface area contributed by atoms with Crippen LogP contribution < -0.4 is 5.32 Å². The number of nitriles is 1. The highest BCUT2D eigenvalue weighted by molar-refractivity contribution is 5.93. The summed E-state index contributed by atoms with van der Waals surface area (Å²) in [5.74, 6) is -0.0817. The second kappa shape index (κ2) is 7.30. The van der Waals surface area contributed by atoms with Crippen LogP contribution >= 0.6 is 0 Å². The fourth-order valence-electron chi connectivity index (χ4n) is 3.30. The van der Waals surface area contributed by atoms with Gasteiger partial charge >= 0.3 is 0 Å². The number of pyridine rings is 1. The number of anilines is 2. The van der Waals surface area contributed by atoms with Crippen molar-refractivity contribution in [2.75, 3.05) is 11.9 Å². The first kappa shape index (κ1) is 16.8. The number of carbonyl (C=O) groups is 1. The summed E-state index contributed by atoms with van der Waals surface area (Å²) in [6.45, 7) is 1.29. The molecule has 0 atom stereocenters. The van der Waals surface area contributed by atoms with Gasteiger partial charge in [-0.05, 0) is 41.8 Å². The number of carbonyl (C=O) groups excluding carboxylic acids is 1. The number of aromatic nitrogens is 1. The maximum atomic E-state index is 12.9. The van der Waals surface area contributed by atoms with E-state index in [2.05, 4.69) is 28.5 Å². The Labute approximate surface area is 157 Å². The quantitative estimate of drug-likeness (QED) is 0.775. The molecule has 5 heteroatoms. The highest BCUT2D eigenvalue weighted by Gasteiger charge is 2.22. The fraction of sp³-hybridized carbons (Fsp3) is 0.136. The fourth-order valence-corrected chi connectivity index (χ4v) is 3.30. The van der Waals surface area contributed by atoms with Crippen LogP contribution in [-0.2, 0) is 13.0 Å². The van der Waals surface area contributed by atoms with Gasteiger partial charge < -0.3 is 10.2 Å². The second-order valence-corrected chi connectivity index (χ2v) is 6.46. The molecule has 1 aliphatic heterocycles. The summed E-state index contributed by atoms with van der Waals surface area (Å²) in [6, 6.07) is 21.2. The molecule has 0 saturated carbocycles. The Kier molecular flexibility index (Phi) is 4.54. The van der Waals surface area contributed by atoms with E-state index in [1.54, 1.807) is 24.4 Å². The number of para-hydroxylation sites is 1. The Morgan fingerprint density at radius 3 is 2.70 bits per heavy atom. The SMILES string of the molecule is N#Cc1ccccc1Nc1ccnc(C(=O)N2CCc3ccccc3C2)c1. The lowest BCUT2D eigenvalue weighted by atomic mass is 10.00. The molecule has 1 aliphatic rings. The Hall–Kier alpha value is -3.65. The zero-order chi connectivity index (χ0) is 18.6. The minimum Gasteiger partial charge on any atom is -0.354 e. The van der Waals surface area contributed by atoms with Gasteiger partial charge in [-0.3, -0.25) is 9.78 Å². The normalized spacial score (nSPS) is 12.8. The Bertz CT molecular complexity index is 1040. The van der Waals surface area contributed by atoms with Crippen LogP contribution in [0, 0.1) is 11.3 Å². The van der Waals surface area contributed by atoms with Gasteiger partial charge in [0.2, 0.25) is 0 Å². The third-order valence-corrected chi connectivity index (χ3v) is 4.72. The van der Waals surface area contributed by atoms with Crippen molar-refractivity contribution in [2.24, 2.45) is 0 Å². The van der Waals surface area contributed by atoms with Crippen molar-refractivity contribution in [3.63, 3.8) is 0 Å². The summed E-state index contributed by atoms with van der Waals surface area (Å²) in [5, 5.41) is 12.4. The monoisotopic (exact) mass is 354 g/mol. The van der Waals surface area contributed by atoms with Crippen molar-refractivity contribution in [1.29, 1.82) is 5.26 Å². The van der Waals surface area contributed by atoms with E-state index in [4.69, 9.17) is 0 Å². The van der Waals surface area contributed by atoms with Gasteiger partial charge in [0.05, 0.1) is 11.3 Å². The number of fused-ring (bicyclic) bond motifs is 1. The van der Waals surface area contributed by atoms with E-state index in [0.717, 1.165) is 12.1 Å². The molecule has 27 heavy (non-hydrogen) atoms. The number of hydrogen-bond acceptors (Lipinski definition) is 4. The third-order valence-electron chi connectivity index (χ3n) is 4.72. The van der Waals surface area contributed by atoms with Gasteiger partial charge in [-0.2, -0.15) is 5.26 Å². The largest absolute Gasteiger partial charge is 0.354 e. The lowest BCUT2D eigenvalue weighted by Crippen LogP contribution is -2.36. The number of benzene rings is 2. The molecule has 2 aromatic carbocycles. The number of nitrogens with one attached hydrogen (secondary N) is 1. The number of nitrogens with zero attached hydrogens (tertiary/aromatic N) is 3. The number of rotatable bonds is 3. The molecule has 0 unspecified atom stereocenters. The first-order chi connectivity index (χ1) is 13.2. The van der Waals surface area contributed by atoms with E-state index in [-0.39, 0.29) is 5.91 Å². The minimum absolute atomic E-state index is 0.0817. The molecule has 4 rings (SSSR count).